The van der Waals surface area contributed by atoms with Crippen LogP contribution in [0.5, 0.6) is 0 Å². The SMILES string of the molecule is Cc1[nH]c(=O)[nH]c(=O)c1/C=C/C(=O)NC(CO)Cc1ccc(Br)cc1. The van der Waals surface area contributed by atoms with Gasteiger partial charge in [-0.15, -0.1) is 0 Å². The number of amides is 1. The first-order valence-corrected chi connectivity index (χ1v) is 8.35. The Balaban J connectivity index is 2.04. The Bertz CT molecular complexity index is 884. The van der Waals surface area contributed by atoms with E-state index in [1.165, 1.54) is 12.2 Å². The van der Waals surface area contributed by atoms with E-state index in [4.69, 9.17) is 0 Å². The van der Waals surface area contributed by atoms with Gasteiger partial charge in [0.05, 0.1) is 18.2 Å². The molecule has 0 saturated carbocycles. The number of carbonyl (C=O) groups is 1. The molecule has 0 aliphatic heterocycles. The zero-order valence-corrected chi connectivity index (χ0v) is 15.1. The molecule has 1 heterocycles. The third-order valence-corrected chi connectivity index (χ3v) is 4.07. The van der Waals surface area contributed by atoms with Gasteiger partial charge in [0.25, 0.3) is 5.56 Å². The number of aliphatic hydroxyl groups excluding tert-OH is 1. The van der Waals surface area contributed by atoms with Crippen molar-refractivity contribution >= 4 is 27.9 Å². The van der Waals surface area contributed by atoms with Gasteiger partial charge in [-0.25, -0.2) is 4.79 Å². The van der Waals surface area contributed by atoms with Crippen molar-refractivity contribution in [2.45, 2.75) is 19.4 Å². The average Bonchev–Trinajstić information content (AvgIpc) is 2.55. The van der Waals surface area contributed by atoms with Crippen LogP contribution in [0.3, 0.4) is 0 Å². The quantitative estimate of drug-likeness (QED) is 0.531. The van der Waals surface area contributed by atoms with E-state index in [-0.39, 0.29) is 12.2 Å². The first kappa shape index (κ1) is 18.9. The van der Waals surface area contributed by atoms with Crippen LogP contribution in [0.4, 0.5) is 0 Å². The van der Waals surface area contributed by atoms with Crippen molar-refractivity contribution in [3.8, 4) is 0 Å². The number of rotatable bonds is 6. The average molecular weight is 408 g/mol. The fourth-order valence-electron chi connectivity index (χ4n) is 2.28. The van der Waals surface area contributed by atoms with Crippen molar-refractivity contribution in [1.82, 2.24) is 15.3 Å². The maximum atomic E-state index is 12.0. The molecule has 0 aliphatic carbocycles. The molecule has 2 rings (SSSR count). The number of H-pyrrole nitrogens is 2. The fraction of sp³-hybridized carbons (Fsp3) is 0.235. The number of halogens is 1. The highest BCUT2D eigenvalue weighted by Crippen LogP contribution is 2.12. The number of hydrogen-bond donors (Lipinski definition) is 4. The van der Waals surface area contributed by atoms with E-state index in [0.717, 1.165) is 10.0 Å². The summed E-state index contributed by atoms with van der Waals surface area (Å²) in [5.74, 6) is -0.443. The second-order valence-corrected chi connectivity index (χ2v) is 6.41. The third kappa shape index (κ3) is 5.54. The van der Waals surface area contributed by atoms with Crippen molar-refractivity contribution in [1.29, 1.82) is 0 Å². The van der Waals surface area contributed by atoms with Gasteiger partial charge in [0.2, 0.25) is 5.91 Å². The Morgan fingerprint density at radius 1 is 1.28 bits per heavy atom. The Morgan fingerprint density at radius 2 is 1.96 bits per heavy atom. The molecular weight excluding hydrogens is 390 g/mol. The Labute approximate surface area is 151 Å². The molecule has 4 N–H and O–H groups in total. The molecule has 1 amide bonds. The predicted molar refractivity (Wildman–Crippen MR) is 98.3 cm³/mol. The summed E-state index contributed by atoms with van der Waals surface area (Å²) in [6.45, 7) is 1.35. The molecule has 7 nitrogen and oxygen atoms in total. The lowest BCUT2D eigenvalue weighted by molar-refractivity contribution is -0.117. The number of carbonyl (C=O) groups excluding carboxylic acids is 1. The molecule has 25 heavy (non-hydrogen) atoms. The van der Waals surface area contributed by atoms with Crippen LogP contribution < -0.4 is 16.6 Å². The van der Waals surface area contributed by atoms with Gasteiger partial charge < -0.3 is 15.4 Å². The summed E-state index contributed by atoms with van der Waals surface area (Å²) in [5, 5.41) is 12.1. The van der Waals surface area contributed by atoms with Gasteiger partial charge >= 0.3 is 5.69 Å². The smallest absolute Gasteiger partial charge is 0.325 e. The monoisotopic (exact) mass is 407 g/mol. The highest BCUT2D eigenvalue weighted by atomic mass is 79.9. The summed E-state index contributed by atoms with van der Waals surface area (Å²) in [7, 11) is 0. The maximum absolute atomic E-state index is 12.0. The van der Waals surface area contributed by atoms with Crippen molar-refractivity contribution in [3.05, 3.63) is 72.5 Å². The minimum Gasteiger partial charge on any atom is -0.394 e. The Hall–Kier alpha value is -2.45. The normalized spacial score (nSPS) is 12.3. The first-order chi connectivity index (χ1) is 11.9. The maximum Gasteiger partial charge on any atom is 0.325 e. The summed E-state index contributed by atoms with van der Waals surface area (Å²) in [4.78, 5) is 39.4. The molecule has 0 spiro atoms. The van der Waals surface area contributed by atoms with Crippen LogP contribution in [0.2, 0.25) is 0 Å². The zero-order chi connectivity index (χ0) is 18.4. The Morgan fingerprint density at radius 3 is 2.56 bits per heavy atom. The minimum absolute atomic E-state index is 0.197. The number of aromatic nitrogens is 2. The van der Waals surface area contributed by atoms with Crippen molar-refractivity contribution in [2.24, 2.45) is 0 Å². The second kappa shape index (κ2) is 8.59. The molecule has 0 aliphatic rings. The summed E-state index contributed by atoms with van der Waals surface area (Å²) < 4.78 is 0.949. The molecule has 0 fully saturated rings. The van der Waals surface area contributed by atoms with Gasteiger partial charge in [-0.2, -0.15) is 0 Å². The van der Waals surface area contributed by atoms with Gasteiger partial charge in [0, 0.05) is 16.2 Å². The molecule has 1 aromatic carbocycles. The van der Waals surface area contributed by atoms with Crippen LogP contribution in [0, 0.1) is 6.92 Å². The number of nitrogens with one attached hydrogen (secondary N) is 3. The standard InChI is InChI=1S/C17H18BrN3O4/c1-10-14(16(24)21-17(25)19-10)6-7-15(23)20-13(9-22)8-11-2-4-12(18)5-3-11/h2-7,13,22H,8-9H2,1H3,(H,20,23)(H2,19,21,24,25)/b7-6+. The fourth-order valence-corrected chi connectivity index (χ4v) is 2.55. The molecule has 0 bridgehead atoms. The molecule has 1 unspecified atom stereocenters. The minimum atomic E-state index is -0.598. The molecule has 132 valence electrons. The molecule has 1 aromatic heterocycles. The van der Waals surface area contributed by atoms with Gasteiger partial charge in [0.15, 0.2) is 0 Å². The number of benzene rings is 1. The van der Waals surface area contributed by atoms with Gasteiger partial charge in [-0.1, -0.05) is 28.1 Å². The van der Waals surface area contributed by atoms with Crippen molar-refractivity contribution < 1.29 is 9.90 Å². The van der Waals surface area contributed by atoms with E-state index in [1.807, 2.05) is 24.3 Å². The molecule has 0 saturated heterocycles. The topological polar surface area (TPSA) is 115 Å². The van der Waals surface area contributed by atoms with E-state index in [2.05, 4.69) is 31.2 Å². The summed E-state index contributed by atoms with van der Waals surface area (Å²) in [6, 6.07) is 7.12. The molecule has 0 radical (unpaired) electrons. The molecule has 1 atom stereocenters. The highest BCUT2D eigenvalue weighted by molar-refractivity contribution is 9.10. The number of aromatic amines is 2. The Kier molecular flexibility index (Phi) is 6.49. The highest BCUT2D eigenvalue weighted by Gasteiger charge is 2.11. The summed E-state index contributed by atoms with van der Waals surface area (Å²) in [6.07, 6.45) is 3.00. The van der Waals surface area contributed by atoms with Crippen LogP contribution in [0.15, 0.2) is 44.4 Å². The van der Waals surface area contributed by atoms with Gasteiger partial charge in [-0.3, -0.25) is 14.6 Å². The zero-order valence-electron chi connectivity index (χ0n) is 13.5. The number of aryl methyl sites for hydroxylation is 1. The van der Waals surface area contributed by atoms with E-state index >= 15 is 0 Å². The second-order valence-electron chi connectivity index (χ2n) is 5.50. The van der Waals surface area contributed by atoms with Gasteiger partial charge in [-0.05, 0) is 37.1 Å². The van der Waals surface area contributed by atoms with Crippen LogP contribution >= 0.6 is 15.9 Å². The van der Waals surface area contributed by atoms with Crippen LogP contribution in [0.25, 0.3) is 6.08 Å². The lowest BCUT2D eigenvalue weighted by Crippen LogP contribution is -2.38. The van der Waals surface area contributed by atoms with E-state index in [9.17, 15) is 19.5 Å². The molecule has 2 aromatic rings. The first-order valence-electron chi connectivity index (χ1n) is 7.56. The molecular formula is C17H18BrN3O4. The van der Waals surface area contributed by atoms with Crippen LogP contribution in [-0.2, 0) is 11.2 Å². The van der Waals surface area contributed by atoms with E-state index in [0.29, 0.717) is 12.1 Å². The van der Waals surface area contributed by atoms with Gasteiger partial charge in [0.1, 0.15) is 0 Å². The van der Waals surface area contributed by atoms with Crippen LogP contribution in [-0.4, -0.2) is 33.6 Å². The predicted octanol–water partition coefficient (Wildman–Crippen LogP) is 0.867. The summed E-state index contributed by atoms with van der Waals surface area (Å²) in [5.41, 5.74) is 0.367. The van der Waals surface area contributed by atoms with E-state index in [1.54, 1.807) is 6.92 Å². The lowest BCUT2D eigenvalue weighted by Gasteiger charge is -2.15. The lowest BCUT2D eigenvalue weighted by atomic mass is 10.1. The van der Waals surface area contributed by atoms with E-state index < -0.39 is 23.2 Å². The molecule has 8 heteroatoms. The van der Waals surface area contributed by atoms with Crippen LogP contribution in [0.1, 0.15) is 16.8 Å². The summed E-state index contributed by atoms with van der Waals surface area (Å²) >= 11 is 3.35. The van der Waals surface area contributed by atoms with Crippen molar-refractivity contribution in [2.75, 3.05) is 6.61 Å². The number of aliphatic hydroxyl groups is 1. The number of hydrogen-bond acceptors (Lipinski definition) is 4. The third-order valence-electron chi connectivity index (χ3n) is 3.54. The largest absolute Gasteiger partial charge is 0.394 e. The van der Waals surface area contributed by atoms with Crippen molar-refractivity contribution in [3.63, 3.8) is 0 Å².